The van der Waals surface area contributed by atoms with Crippen molar-refractivity contribution in [3.05, 3.63) is 70.9 Å². The Morgan fingerprint density at radius 2 is 0.757 bits per heavy atom. The molecule has 0 radical (unpaired) electrons. The summed E-state index contributed by atoms with van der Waals surface area (Å²) in [5, 5.41) is 15.0. The van der Waals surface area contributed by atoms with E-state index < -0.39 is 53.3 Å². The summed E-state index contributed by atoms with van der Waals surface area (Å²) in [6.07, 6.45) is 13.4. The SMILES string of the molecule is C(CN1CCOCC1)=C1CNC1.C1CCOC1.C1COCCN1.C=CC(=O)OCC.CC(C)(C)OC(=O)N1CC(=CCN2CCOCC2)C1.CC(C)(C)OC(=O)N1CC(=CCO)C1.CC(C)(C)OC(=O)N1CC(=CCOS(C)(=O)=O)C1.CC(C)(C)OC(=O)N1CC(=O)C1.CCOC(=O)C=C1CN(C(=O)OC(C)(C)C)C1.CS(=O)(=O)Cl. The number of carbonyl (C=O) groups is 8. The lowest BCUT2D eigenvalue weighted by molar-refractivity contribution is -0.138. The maximum Gasteiger partial charge on any atom is 0.411 e. The Kier molecular flexibility index (Phi) is 50.1. The maximum atomic E-state index is 11.7. The van der Waals surface area contributed by atoms with Gasteiger partial charge in [0, 0.05) is 154 Å². The summed E-state index contributed by atoms with van der Waals surface area (Å²) < 4.78 is 100. The number of rotatable bonds is 12. The number of nitrogens with zero attached hydrogens (tertiary/aromatic N) is 7. The van der Waals surface area contributed by atoms with Crippen molar-refractivity contribution in [2.75, 3.05) is 223 Å². The zero-order valence-electron chi connectivity index (χ0n) is 71.8. The number of aliphatic hydroxyl groups is 1. The monoisotopic (exact) mass is 1700 g/mol. The average molecular weight is 1700 g/mol. The van der Waals surface area contributed by atoms with Gasteiger partial charge in [-0.25, -0.2) is 42.0 Å². The normalized spacial score (nSPS) is 17.9. The van der Waals surface area contributed by atoms with Crippen molar-refractivity contribution in [3.63, 3.8) is 0 Å². The molecular weight excluding hydrogens is 1560 g/mol. The van der Waals surface area contributed by atoms with Crippen LogP contribution in [0.1, 0.15) is 131 Å². The predicted molar refractivity (Wildman–Crippen MR) is 438 cm³/mol. The summed E-state index contributed by atoms with van der Waals surface area (Å²) in [5.41, 5.74) is 3.48. The molecule has 0 aliphatic carbocycles. The summed E-state index contributed by atoms with van der Waals surface area (Å²) in [6.45, 7) is 57.5. The van der Waals surface area contributed by atoms with Gasteiger partial charge in [-0.15, -0.1) is 0 Å². The number of ketones is 1. The summed E-state index contributed by atoms with van der Waals surface area (Å²) in [7, 11) is -2.10. The van der Waals surface area contributed by atoms with Crippen LogP contribution in [0, 0.1) is 0 Å². The topological polar surface area (TPSA) is 383 Å². The number of nitrogens with one attached hydrogen (secondary N) is 2. The lowest BCUT2D eigenvalue weighted by Gasteiger charge is -2.36. The Hall–Kier alpha value is -6.81. The predicted octanol–water partition coefficient (Wildman–Crippen LogP) is 7.50. The van der Waals surface area contributed by atoms with Gasteiger partial charge in [0.25, 0.3) is 10.1 Å². The van der Waals surface area contributed by atoms with Gasteiger partial charge in [0.1, 0.15) is 28.0 Å². The van der Waals surface area contributed by atoms with Crippen LogP contribution >= 0.6 is 10.7 Å². The van der Waals surface area contributed by atoms with Crippen LogP contribution in [0.2, 0.25) is 0 Å². The molecule has 10 fully saturated rings. The molecule has 10 heterocycles. The molecule has 0 unspecified atom stereocenters. The molecule has 37 heteroatoms. The standard InChI is InChI=1S/C14H24N2O3.C12H19NO4.C11H19NO5S.C10H17NO3.C9H16N2O.C8H13NO3.C5H8O2.C4H9NO.C4H8O.CH3ClO2S/c1-14(2,3)19-13(17)16-10-12(11-16)4-5-15-6-8-18-9-7-15;1-5-16-10(14)6-9-7-13(8-9)11(15)17-12(2,3)4;1-11(2,3)17-10(13)12-7-9(8-12)5-6-16-18(4,14)15;1-10(2,3)14-9(13)11-6-8(7-11)4-5-12;1(9-7-10-8-9)2-11-3-5-12-6-4-11;1-8(2,3)12-7(11)9-4-6(10)5-9;1-3-5(6)7-4-2;1-3-6-4-2-5-1;1-2-4-5-3-1;1-5(2,3)4/h4H,5-11H2,1-3H3;6H,5,7-8H2,1-4H3;5H,6-8H2,1-4H3;4,12H,5-7H2,1-3H3;1,10H,2-8H2;4-5H2,1-3H3;3H,1,4H2,2H3;5H,1-4H2;1-4H2;1H3. The Bertz CT molecular complexity index is 3320. The second-order valence-electron chi connectivity index (χ2n) is 32.1. The minimum Gasteiger partial charge on any atom is -0.463 e. The van der Waals surface area contributed by atoms with Crippen LogP contribution in [0.5, 0.6) is 0 Å². The molecule has 115 heavy (non-hydrogen) atoms. The van der Waals surface area contributed by atoms with Crippen molar-refractivity contribution in [2.45, 2.75) is 159 Å². The molecule has 0 atom stereocenters. The van der Waals surface area contributed by atoms with Crippen LogP contribution in [0.25, 0.3) is 0 Å². The van der Waals surface area contributed by atoms with E-state index in [-0.39, 0.29) is 68.4 Å². The van der Waals surface area contributed by atoms with Crippen LogP contribution < -0.4 is 10.6 Å². The largest absolute Gasteiger partial charge is 0.463 e. The van der Waals surface area contributed by atoms with Gasteiger partial charge < -0.3 is 87.4 Å². The molecule has 662 valence electrons. The molecule has 10 aliphatic rings. The minimum absolute atomic E-state index is 0.0102. The second kappa shape index (κ2) is 54.3. The molecular formula is C78H136ClN9O25S2. The number of aliphatic hydroxyl groups excluding tert-OH is 1. The number of amides is 5. The Morgan fingerprint density at radius 1 is 0.452 bits per heavy atom. The first-order valence-electron chi connectivity index (χ1n) is 38.7. The zero-order valence-corrected chi connectivity index (χ0v) is 74.2. The number of hydrogen-bond acceptors (Lipinski definition) is 29. The third-order valence-electron chi connectivity index (χ3n) is 15.1. The van der Waals surface area contributed by atoms with Crippen LogP contribution in [0.4, 0.5) is 24.0 Å². The number of likely N-dealkylation sites (tertiary alicyclic amines) is 5. The highest BCUT2D eigenvalue weighted by molar-refractivity contribution is 8.13. The van der Waals surface area contributed by atoms with Gasteiger partial charge in [0.05, 0.1) is 91.7 Å². The van der Waals surface area contributed by atoms with E-state index in [1.54, 1.807) is 82.9 Å². The molecule has 10 saturated heterocycles. The van der Waals surface area contributed by atoms with Crippen LogP contribution in [0.15, 0.2) is 70.9 Å². The van der Waals surface area contributed by atoms with E-state index in [4.69, 9.17) is 52.5 Å². The molecule has 0 aromatic heterocycles. The summed E-state index contributed by atoms with van der Waals surface area (Å²) in [6, 6.07) is 0. The number of halogens is 1. The van der Waals surface area contributed by atoms with Crippen molar-refractivity contribution in [1.29, 1.82) is 0 Å². The number of hydrogen-bond donors (Lipinski definition) is 3. The summed E-state index contributed by atoms with van der Waals surface area (Å²) >= 11 is 0. The molecule has 10 rings (SSSR count). The third kappa shape index (κ3) is 57.8. The second-order valence-corrected chi connectivity index (χ2v) is 36.8. The maximum absolute atomic E-state index is 11.7. The van der Waals surface area contributed by atoms with Crippen molar-refractivity contribution < 1.29 is 117 Å². The molecule has 0 aromatic carbocycles. The van der Waals surface area contributed by atoms with Gasteiger partial charge in [-0.2, -0.15) is 8.42 Å². The van der Waals surface area contributed by atoms with Gasteiger partial charge in [-0.3, -0.25) is 23.7 Å². The van der Waals surface area contributed by atoms with Crippen molar-refractivity contribution in [2.24, 2.45) is 0 Å². The fourth-order valence-electron chi connectivity index (χ4n) is 9.39. The fraction of sp³-hybridized carbons (Fsp3) is 0.744. The van der Waals surface area contributed by atoms with Gasteiger partial charge >= 0.3 is 42.4 Å². The number of esters is 2. The van der Waals surface area contributed by atoms with Crippen LogP contribution in [0.3, 0.4) is 0 Å². The molecule has 0 saturated carbocycles. The quantitative estimate of drug-likeness (QED) is 0.0425. The van der Waals surface area contributed by atoms with Gasteiger partial charge in [-0.1, -0.05) is 30.9 Å². The van der Waals surface area contributed by atoms with Crippen LogP contribution in [-0.4, -0.2) is 355 Å². The van der Waals surface area contributed by atoms with Crippen molar-refractivity contribution in [3.8, 4) is 0 Å². The molecule has 3 N–H and O–H groups in total. The number of Topliss-reactive ketones (excluding diaryl/α,β-unsaturated/α-hetero) is 1. The average Bonchev–Trinajstić information content (AvgIpc) is 0.904. The zero-order chi connectivity index (χ0) is 87.2. The van der Waals surface area contributed by atoms with E-state index >= 15 is 0 Å². The highest BCUT2D eigenvalue weighted by Gasteiger charge is 2.35. The highest BCUT2D eigenvalue weighted by Crippen LogP contribution is 2.23. The first kappa shape index (κ1) is 106. The Balaban J connectivity index is 0.000000656. The number of carbonyl (C=O) groups excluding carboxylic acids is 8. The van der Waals surface area contributed by atoms with E-state index in [2.05, 4.69) is 58.8 Å². The van der Waals surface area contributed by atoms with Crippen molar-refractivity contribution >= 4 is 78.0 Å². The lowest BCUT2D eigenvalue weighted by atomic mass is 10.1. The van der Waals surface area contributed by atoms with E-state index in [0.29, 0.717) is 65.6 Å². The van der Waals surface area contributed by atoms with Gasteiger partial charge in [0.15, 0.2) is 5.78 Å². The van der Waals surface area contributed by atoms with Crippen LogP contribution in [-0.2, 0) is 89.8 Å². The van der Waals surface area contributed by atoms with E-state index in [1.807, 2.05) is 62.3 Å². The first-order chi connectivity index (χ1) is 53.4. The Labute approximate surface area is 688 Å². The molecule has 5 amide bonds. The molecule has 34 nitrogen and oxygen atoms in total. The highest BCUT2D eigenvalue weighted by atomic mass is 35.7. The molecule has 0 spiro atoms. The van der Waals surface area contributed by atoms with E-state index in [1.165, 1.54) is 39.2 Å². The minimum atomic E-state index is -3.41. The molecule has 0 bridgehead atoms. The first-order valence-corrected chi connectivity index (χ1v) is 43.2. The van der Waals surface area contributed by atoms with Gasteiger partial charge in [0.2, 0.25) is 9.05 Å². The fourth-order valence-corrected chi connectivity index (χ4v) is 9.71. The third-order valence-corrected chi connectivity index (χ3v) is 15.7. The lowest BCUT2D eigenvalue weighted by Crippen LogP contribution is -2.52. The molecule has 10 aliphatic heterocycles. The van der Waals surface area contributed by atoms with Crippen molar-refractivity contribution in [1.82, 2.24) is 44.9 Å². The van der Waals surface area contributed by atoms with Gasteiger partial charge in [-0.05, 0) is 158 Å². The van der Waals surface area contributed by atoms with E-state index in [9.17, 15) is 55.2 Å². The Morgan fingerprint density at radius 3 is 1.01 bits per heavy atom. The summed E-state index contributed by atoms with van der Waals surface area (Å²) in [5.74, 6) is -0.630. The summed E-state index contributed by atoms with van der Waals surface area (Å²) in [4.78, 5) is 102. The molecule has 0 aromatic rings. The number of morpholine rings is 3. The van der Waals surface area contributed by atoms with E-state index in [0.717, 1.165) is 154 Å². The smallest absolute Gasteiger partial charge is 0.411 e. The number of ether oxygens (including phenoxy) is 11.